The topological polar surface area (TPSA) is 72.4 Å². The van der Waals surface area contributed by atoms with Crippen molar-refractivity contribution in [3.8, 4) is 6.01 Å². The normalized spacial score (nSPS) is 19.0. The fourth-order valence-electron chi connectivity index (χ4n) is 2.32. The van der Waals surface area contributed by atoms with Crippen molar-refractivity contribution in [2.75, 3.05) is 13.1 Å². The molecule has 23 heavy (non-hydrogen) atoms. The van der Waals surface area contributed by atoms with Crippen LogP contribution in [0, 0.1) is 11.6 Å². The molecule has 2 aromatic rings. The van der Waals surface area contributed by atoms with Crippen LogP contribution >= 0.6 is 0 Å². The summed E-state index contributed by atoms with van der Waals surface area (Å²) in [6, 6.07) is 5.19. The van der Waals surface area contributed by atoms with Crippen molar-refractivity contribution < 1.29 is 21.9 Å². The zero-order valence-electron chi connectivity index (χ0n) is 11.9. The number of aromatic nitrogens is 2. The Bertz CT molecular complexity index is 799. The molecule has 0 N–H and O–H groups in total. The molecule has 6 nitrogen and oxygen atoms in total. The maximum absolute atomic E-state index is 13.7. The first kappa shape index (κ1) is 15.8. The van der Waals surface area contributed by atoms with Crippen LogP contribution in [-0.2, 0) is 10.0 Å². The highest BCUT2D eigenvalue weighted by molar-refractivity contribution is 7.89. The molecular weight excluding hydrogens is 328 g/mol. The van der Waals surface area contributed by atoms with E-state index in [1.165, 1.54) is 18.2 Å². The largest absolute Gasteiger partial charge is 0.459 e. The molecule has 1 aromatic heterocycles. The van der Waals surface area contributed by atoms with Crippen LogP contribution in [0.5, 0.6) is 6.01 Å². The lowest BCUT2D eigenvalue weighted by molar-refractivity contribution is 0.197. The summed E-state index contributed by atoms with van der Waals surface area (Å²) in [4.78, 5) is 6.97. The number of rotatable bonds is 4. The van der Waals surface area contributed by atoms with Gasteiger partial charge in [0.2, 0.25) is 10.0 Å². The van der Waals surface area contributed by atoms with Gasteiger partial charge in [-0.15, -0.1) is 0 Å². The quantitative estimate of drug-likeness (QED) is 0.845. The van der Waals surface area contributed by atoms with Gasteiger partial charge >= 0.3 is 6.01 Å². The molecule has 0 radical (unpaired) electrons. The molecule has 2 heterocycles. The van der Waals surface area contributed by atoms with Crippen molar-refractivity contribution in [1.29, 1.82) is 0 Å². The molecule has 1 aromatic carbocycles. The van der Waals surface area contributed by atoms with Gasteiger partial charge in [-0.3, -0.25) is 0 Å². The van der Waals surface area contributed by atoms with Crippen molar-refractivity contribution in [3.05, 3.63) is 48.3 Å². The molecule has 1 aliphatic heterocycles. The van der Waals surface area contributed by atoms with Crippen molar-refractivity contribution in [2.24, 2.45) is 0 Å². The zero-order valence-corrected chi connectivity index (χ0v) is 12.7. The van der Waals surface area contributed by atoms with E-state index in [1.807, 2.05) is 0 Å². The van der Waals surface area contributed by atoms with Crippen LogP contribution in [0.25, 0.3) is 0 Å². The summed E-state index contributed by atoms with van der Waals surface area (Å²) in [6.45, 7) is 0.250. The summed E-state index contributed by atoms with van der Waals surface area (Å²) in [5.74, 6) is -1.38. The average molecular weight is 341 g/mol. The molecule has 0 spiro atoms. The fourth-order valence-corrected chi connectivity index (χ4v) is 3.87. The summed E-state index contributed by atoms with van der Waals surface area (Å²) in [5.41, 5.74) is 0. The summed E-state index contributed by atoms with van der Waals surface area (Å²) in [5, 5.41) is 0. The van der Waals surface area contributed by atoms with Crippen LogP contribution in [0.3, 0.4) is 0 Å². The fraction of sp³-hybridized carbons (Fsp3) is 0.286. The molecule has 1 saturated heterocycles. The molecule has 0 amide bonds. The van der Waals surface area contributed by atoms with Gasteiger partial charge in [0, 0.05) is 6.54 Å². The van der Waals surface area contributed by atoms with Gasteiger partial charge in [-0.25, -0.2) is 27.2 Å². The van der Waals surface area contributed by atoms with E-state index in [1.54, 1.807) is 0 Å². The molecule has 1 atom stereocenters. The van der Waals surface area contributed by atoms with Crippen molar-refractivity contribution in [1.82, 2.24) is 14.3 Å². The lowest BCUT2D eigenvalue weighted by atomic mass is 10.3. The second kappa shape index (κ2) is 6.17. The van der Waals surface area contributed by atoms with Gasteiger partial charge in [0.15, 0.2) is 5.82 Å². The Labute approximate surface area is 131 Å². The third kappa shape index (κ3) is 3.30. The van der Waals surface area contributed by atoms with Crippen LogP contribution < -0.4 is 4.74 Å². The first-order valence-corrected chi connectivity index (χ1v) is 8.30. The molecule has 0 aliphatic carbocycles. The highest BCUT2D eigenvalue weighted by Crippen LogP contribution is 2.24. The van der Waals surface area contributed by atoms with Gasteiger partial charge in [-0.05, 0) is 18.6 Å². The van der Waals surface area contributed by atoms with Crippen molar-refractivity contribution >= 4 is 10.0 Å². The van der Waals surface area contributed by atoms with E-state index < -0.39 is 27.8 Å². The van der Waals surface area contributed by atoms with Gasteiger partial charge in [0.1, 0.15) is 16.8 Å². The number of benzene rings is 1. The minimum atomic E-state index is -3.92. The maximum atomic E-state index is 13.7. The molecule has 122 valence electrons. The minimum Gasteiger partial charge on any atom is -0.459 e. The number of ether oxygens (including phenoxy) is 1. The van der Waals surface area contributed by atoms with E-state index in [0.717, 1.165) is 22.8 Å². The van der Waals surface area contributed by atoms with Crippen LogP contribution in [0.15, 0.2) is 41.6 Å². The lowest BCUT2D eigenvalue weighted by Gasteiger charge is -2.17. The molecular formula is C14H13F2N3O3S. The number of nitrogens with zero attached hydrogens (tertiary/aromatic N) is 3. The number of hydrogen-bond donors (Lipinski definition) is 0. The predicted molar refractivity (Wildman–Crippen MR) is 76.2 cm³/mol. The monoisotopic (exact) mass is 341 g/mol. The van der Waals surface area contributed by atoms with E-state index >= 15 is 0 Å². The van der Waals surface area contributed by atoms with E-state index in [4.69, 9.17) is 4.74 Å². The second-order valence-electron chi connectivity index (χ2n) is 5.01. The molecule has 1 fully saturated rings. The van der Waals surface area contributed by atoms with Crippen LogP contribution in [-0.4, -0.2) is 41.9 Å². The van der Waals surface area contributed by atoms with Crippen LogP contribution in [0.2, 0.25) is 0 Å². The number of sulfonamides is 1. The molecule has 3 rings (SSSR count). The Hall–Kier alpha value is -2.13. The zero-order chi connectivity index (χ0) is 16.4. The summed E-state index contributed by atoms with van der Waals surface area (Å²) in [7, 11) is -3.92. The smallest absolute Gasteiger partial charge is 0.316 e. The second-order valence-corrected chi connectivity index (χ2v) is 6.91. The maximum Gasteiger partial charge on any atom is 0.316 e. The highest BCUT2D eigenvalue weighted by Gasteiger charge is 2.35. The third-order valence-electron chi connectivity index (χ3n) is 3.43. The molecule has 9 heteroatoms. The average Bonchev–Trinajstić information content (AvgIpc) is 2.99. The van der Waals surface area contributed by atoms with Gasteiger partial charge in [0.25, 0.3) is 0 Å². The third-order valence-corrected chi connectivity index (χ3v) is 5.33. The molecule has 0 bridgehead atoms. The Kier molecular flexibility index (Phi) is 4.22. The Morgan fingerprint density at radius 1 is 1.17 bits per heavy atom. The molecule has 0 saturated carbocycles. The van der Waals surface area contributed by atoms with E-state index in [2.05, 4.69) is 9.97 Å². The van der Waals surface area contributed by atoms with Gasteiger partial charge in [-0.2, -0.15) is 4.31 Å². The first-order valence-electron chi connectivity index (χ1n) is 6.86. The van der Waals surface area contributed by atoms with E-state index in [-0.39, 0.29) is 24.0 Å². The number of hydrogen-bond acceptors (Lipinski definition) is 5. The molecule has 0 unspecified atom stereocenters. The van der Waals surface area contributed by atoms with Gasteiger partial charge < -0.3 is 4.74 Å². The van der Waals surface area contributed by atoms with Crippen LogP contribution in [0.1, 0.15) is 6.42 Å². The summed E-state index contributed by atoms with van der Waals surface area (Å²) < 4.78 is 57.9. The Morgan fingerprint density at radius 2 is 1.87 bits per heavy atom. The van der Waals surface area contributed by atoms with Crippen molar-refractivity contribution in [3.63, 3.8) is 0 Å². The Balaban J connectivity index is 1.72. The van der Waals surface area contributed by atoms with Crippen molar-refractivity contribution in [2.45, 2.75) is 17.4 Å². The Morgan fingerprint density at radius 3 is 2.57 bits per heavy atom. The van der Waals surface area contributed by atoms with Gasteiger partial charge in [0.05, 0.1) is 18.9 Å². The first-order chi connectivity index (χ1) is 11.0. The standard InChI is InChI=1S/C14H13F2N3O3S/c15-10-7-17-14(18-8-10)22-11-5-6-19(9-11)23(20,21)13-4-2-1-3-12(13)16/h1-4,7-8,11H,5-6,9H2/t11-/m1/s1. The van der Waals surface area contributed by atoms with Crippen LogP contribution in [0.4, 0.5) is 8.78 Å². The van der Waals surface area contributed by atoms with E-state index in [9.17, 15) is 17.2 Å². The van der Waals surface area contributed by atoms with Gasteiger partial charge in [-0.1, -0.05) is 12.1 Å². The minimum absolute atomic E-state index is 0.0264. The predicted octanol–water partition coefficient (Wildman–Crippen LogP) is 1.60. The van der Waals surface area contributed by atoms with E-state index in [0.29, 0.717) is 6.42 Å². The lowest BCUT2D eigenvalue weighted by Crippen LogP contribution is -2.31. The SMILES string of the molecule is O=S(=O)(c1ccccc1F)N1CC[C@@H](Oc2ncc(F)cn2)C1. The summed E-state index contributed by atoms with van der Waals surface area (Å²) >= 11 is 0. The highest BCUT2D eigenvalue weighted by atomic mass is 32.2. The molecule has 1 aliphatic rings. The summed E-state index contributed by atoms with van der Waals surface area (Å²) in [6.07, 6.45) is 1.87. The number of halogens is 2.